The van der Waals surface area contributed by atoms with Gasteiger partial charge in [0, 0.05) is 19.2 Å². The van der Waals surface area contributed by atoms with Gasteiger partial charge in [0.05, 0.1) is 11.5 Å². The van der Waals surface area contributed by atoms with E-state index in [1.165, 1.54) is 0 Å². The Labute approximate surface area is 108 Å². The van der Waals surface area contributed by atoms with Gasteiger partial charge in [-0.3, -0.25) is 4.79 Å². The summed E-state index contributed by atoms with van der Waals surface area (Å²) in [5.41, 5.74) is 5.76. The average Bonchev–Trinajstić information content (AvgIpc) is 2.36. The molecule has 3 N–H and O–H groups in total. The third kappa shape index (κ3) is 2.82. The first-order valence-electron chi connectivity index (χ1n) is 6.06. The molecule has 0 aliphatic heterocycles. The molecule has 0 spiro atoms. The summed E-state index contributed by atoms with van der Waals surface area (Å²) < 4.78 is 0. The number of hydrogen-bond acceptors (Lipinski definition) is 3. The fourth-order valence-electron chi connectivity index (χ4n) is 1.79. The van der Waals surface area contributed by atoms with Gasteiger partial charge in [-0.15, -0.1) is 0 Å². The lowest BCUT2D eigenvalue weighted by molar-refractivity contribution is -0.140. The van der Waals surface area contributed by atoms with Crippen molar-refractivity contribution in [3.63, 3.8) is 0 Å². The second-order valence-electron chi connectivity index (χ2n) is 5.24. The van der Waals surface area contributed by atoms with E-state index >= 15 is 0 Å². The minimum Gasteiger partial charge on any atom is -0.508 e. The van der Waals surface area contributed by atoms with Gasteiger partial charge in [-0.1, -0.05) is 18.2 Å². The van der Waals surface area contributed by atoms with E-state index in [1.54, 1.807) is 24.1 Å². The molecule has 0 saturated heterocycles. The predicted octanol–water partition coefficient (Wildman–Crippen LogP) is 1.90. The molecule has 0 radical (unpaired) electrons. The molecule has 1 atom stereocenters. The van der Waals surface area contributed by atoms with Gasteiger partial charge in [0.2, 0.25) is 5.91 Å². The zero-order valence-corrected chi connectivity index (χ0v) is 11.5. The topological polar surface area (TPSA) is 66.6 Å². The molecule has 0 saturated carbocycles. The molecule has 0 bridgehead atoms. The molecule has 0 heterocycles. The van der Waals surface area contributed by atoms with Crippen LogP contribution in [0.1, 0.15) is 32.4 Å². The summed E-state index contributed by atoms with van der Waals surface area (Å²) in [5.74, 6) is 0.177. The third-order valence-electron chi connectivity index (χ3n) is 3.38. The van der Waals surface area contributed by atoms with Gasteiger partial charge in [-0.25, -0.2) is 0 Å². The van der Waals surface area contributed by atoms with E-state index < -0.39 is 5.41 Å². The Morgan fingerprint density at radius 1 is 1.44 bits per heavy atom. The van der Waals surface area contributed by atoms with Crippen molar-refractivity contribution in [2.24, 2.45) is 11.1 Å². The molecule has 0 aliphatic rings. The molecule has 0 aliphatic carbocycles. The number of phenolic OH excluding ortho intramolecular Hbond substituents is 1. The fraction of sp³-hybridized carbons (Fsp3) is 0.500. The lowest BCUT2D eigenvalue weighted by Gasteiger charge is -2.32. The maximum atomic E-state index is 12.3. The van der Waals surface area contributed by atoms with Crippen molar-refractivity contribution in [1.82, 2.24) is 4.90 Å². The molecule has 0 fully saturated rings. The molecule has 0 aromatic heterocycles. The molecule has 1 aromatic rings. The summed E-state index contributed by atoms with van der Waals surface area (Å²) in [6, 6.07) is 6.86. The Bertz CT molecular complexity index is 430. The van der Waals surface area contributed by atoms with Crippen LogP contribution in [0.15, 0.2) is 24.3 Å². The van der Waals surface area contributed by atoms with Crippen molar-refractivity contribution in [1.29, 1.82) is 0 Å². The van der Waals surface area contributed by atoms with E-state index in [9.17, 15) is 9.90 Å². The van der Waals surface area contributed by atoms with Crippen molar-refractivity contribution >= 4 is 5.91 Å². The van der Waals surface area contributed by atoms with Gasteiger partial charge in [0.15, 0.2) is 0 Å². The Morgan fingerprint density at radius 2 is 2.00 bits per heavy atom. The third-order valence-corrected chi connectivity index (χ3v) is 3.38. The Kier molecular flexibility index (Phi) is 4.35. The van der Waals surface area contributed by atoms with E-state index in [1.807, 2.05) is 32.9 Å². The van der Waals surface area contributed by atoms with E-state index in [4.69, 9.17) is 5.73 Å². The molecule has 100 valence electrons. The van der Waals surface area contributed by atoms with Gasteiger partial charge in [-0.2, -0.15) is 0 Å². The Balaban J connectivity index is 2.95. The summed E-state index contributed by atoms with van der Waals surface area (Å²) in [4.78, 5) is 13.9. The monoisotopic (exact) mass is 250 g/mol. The van der Waals surface area contributed by atoms with E-state index in [0.29, 0.717) is 6.54 Å². The van der Waals surface area contributed by atoms with Crippen LogP contribution in [0.3, 0.4) is 0 Å². The van der Waals surface area contributed by atoms with E-state index in [2.05, 4.69) is 0 Å². The number of carbonyl (C=O) groups is 1. The van der Waals surface area contributed by atoms with Gasteiger partial charge in [0.25, 0.3) is 0 Å². The van der Waals surface area contributed by atoms with Crippen molar-refractivity contribution in [3.8, 4) is 5.75 Å². The number of para-hydroxylation sites is 1. The quantitative estimate of drug-likeness (QED) is 0.857. The summed E-state index contributed by atoms with van der Waals surface area (Å²) in [5, 5.41) is 9.81. The highest BCUT2D eigenvalue weighted by molar-refractivity contribution is 5.82. The summed E-state index contributed by atoms with van der Waals surface area (Å²) in [7, 11) is 1.73. The van der Waals surface area contributed by atoms with Gasteiger partial charge in [-0.05, 0) is 26.8 Å². The van der Waals surface area contributed by atoms with Crippen LogP contribution < -0.4 is 5.73 Å². The minimum atomic E-state index is -0.590. The normalized spacial score (nSPS) is 13.2. The second kappa shape index (κ2) is 5.40. The Morgan fingerprint density at radius 3 is 2.50 bits per heavy atom. The van der Waals surface area contributed by atoms with Crippen LogP contribution in [0.5, 0.6) is 5.75 Å². The first kappa shape index (κ1) is 14.5. The van der Waals surface area contributed by atoms with Gasteiger partial charge >= 0.3 is 0 Å². The number of carbonyl (C=O) groups excluding carboxylic acids is 1. The zero-order valence-electron chi connectivity index (χ0n) is 11.5. The number of amides is 1. The fourth-order valence-corrected chi connectivity index (χ4v) is 1.79. The van der Waals surface area contributed by atoms with Crippen molar-refractivity contribution in [2.45, 2.75) is 26.8 Å². The number of benzene rings is 1. The first-order valence-corrected chi connectivity index (χ1v) is 6.06. The van der Waals surface area contributed by atoms with Gasteiger partial charge < -0.3 is 15.7 Å². The number of hydrogen-bond donors (Lipinski definition) is 2. The van der Waals surface area contributed by atoms with Gasteiger partial charge in [0.1, 0.15) is 5.75 Å². The maximum Gasteiger partial charge on any atom is 0.229 e. The predicted molar refractivity (Wildman–Crippen MR) is 72.1 cm³/mol. The second-order valence-corrected chi connectivity index (χ2v) is 5.24. The van der Waals surface area contributed by atoms with Crippen LogP contribution >= 0.6 is 0 Å². The van der Waals surface area contributed by atoms with Crippen molar-refractivity contribution in [2.75, 3.05) is 13.6 Å². The largest absolute Gasteiger partial charge is 0.508 e. The molecule has 1 rings (SSSR count). The Hall–Kier alpha value is -1.55. The number of nitrogens with two attached hydrogens (primary N) is 1. The van der Waals surface area contributed by atoms with E-state index in [-0.39, 0.29) is 17.7 Å². The smallest absolute Gasteiger partial charge is 0.229 e. The standard InChI is InChI=1S/C14H22N2O2/c1-10(11-7-5-6-8-12(11)17)16(4)13(18)14(2,3)9-15/h5-8,10,17H,9,15H2,1-4H3. The minimum absolute atomic E-state index is 0.0271. The maximum absolute atomic E-state index is 12.3. The highest BCUT2D eigenvalue weighted by atomic mass is 16.3. The van der Waals surface area contributed by atoms with E-state index in [0.717, 1.165) is 5.56 Å². The first-order chi connectivity index (χ1) is 8.31. The van der Waals surface area contributed by atoms with Crippen LogP contribution in [0.25, 0.3) is 0 Å². The molecule has 4 heteroatoms. The molecule has 1 unspecified atom stereocenters. The molecule has 18 heavy (non-hydrogen) atoms. The van der Waals surface area contributed by atoms with Crippen molar-refractivity contribution < 1.29 is 9.90 Å². The highest BCUT2D eigenvalue weighted by Crippen LogP contribution is 2.29. The number of phenols is 1. The number of rotatable bonds is 4. The molecule has 4 nitrogen and oxygen atoms in total. The molecular formula is C14H22N2O2. The lowest BCUT2D eigenvalue weighted by Crippen LogP contribution is -2.43. The summed E-state index contributed by atoms with van der Waals surface area (Å²) in [6.45, 7) is 5.83. The van der Waals surface area contributed by atoms with Crippen LogP contribution in [0.4, 0.5) is 0 Å². The van der Waals surface area contributed by atoms with Crippen LogP contribution in [0.2, 0.25) is 0 Å². The van der Waals surface area contributed by atoms with Crippen LogP contribution in [-0.2, 0) is 4.79 Å². The molecule has 1 amide bonds. The van der Waals surface area contributed by atoms with Crippen molar-refractivity contribution in [3.05, 3.63) is 29.8 Å². The molecule has 1 aromatic carbocycles. The summed E-state index contributed by atoms with van der Waals surface area (Å²) >= 11 is 0. The highest BCUT2D eigenvalue weighted by Gasteiger charge is 2.31. The molecular weight excluding hydrogens is 228 g/mol. The number of nitrogens with zero attached hydrogens (tertiary/aromatic N) is 1. The van der Waals surface area contributed by atoms with Crippen LogP contribution in [0, 0.1) is 5.41 Å². The SMILES string of the molecule is CC(c1ccccc1O)N(C)C(=O)C(C)(C)CN. The zero-order chi connectivity index (χ0) is 13.9. The average molecular weight is 250 g/mol. The lowest BCUT2D eigenvalue weighted by atomic mass is 9.91. The van der Waals surface area contributed by atoms with Crippen LogP contribution in [-0.4, -0.2) is 29.5 Å². The number of aromatic hydroxyl groups is 1. The summed E-state index contributed by atoms with van der Waals surface area (Å²) in [6.07, 6.45) is 0.